The van der Waals surface area contributed by atoms with Gasteiger partial charge in [-0.1, -0.05) is 25.1 Å². The largest absolute Gasteiger partial charge is 0.465 e. The van der Waals surface area contributed by atoms with E-state index in [1.165, 1.54) is 0 Å². The quantitative estimate of drug-likeness (QED) is 0.715. The van der Waals surface area contributed by atoms with Crippen molar-refractivity contribution in [3.05, 3.63) is 42.1 Å². The number of hydrazine groups is 1. The second-order valence-corrected chi connectivity index (χ2v) is 6.67. The highest BCUT2D eigenvalue weighted by Crippen LogP contribution is 2.31. The van der Waals surface area contributed by atoms with Crippen LogP contribution in [0.5, 0.6) is 0 Å². The highest BCUT2D eigenvalue weighted by Gasteiger charge is 2.44. The van der Waals surface area contributed by atoms with Crippen LogP contribution >= 0.6 is 0 Å². The van der Waals surface area contributed by atoms with E-state index in [-0.39, 0.29) is 5.97 Å². The smallest absolute Gasteiger partial charge is 0.319 e. The summed E-state index contributed by atoms with van der Waals surface area (Å²) >= 11 is 0. The molecule has 2 atom stereocenters. The summed E-state index contributed by atoms with van der Waals surface area (Å²) in [5, 5.41) is 10.6. The monoisotopic (exact) mass is 372 g/mol. The van der Waals surface area contributed by atoms with Gasteiger partial charge in [-0.3, -0.25) is 9.80 Å². The molecule has 0 bridgehead atoms. The minimum absolute atomic E-state index is 0.305. The molecule has 0 aliphatic carbocycles. The van der Waals surface area contributed by atoms with Gasteiger partial charge in [0.1, 0.15) is 12.1 Å². The number of anilines is 1. The van der Waals surface area contributed by atoms with Crippen molar-refractivity contribution >= 4 is 17.4 Å². The number of carbonyl (C=O) groups excluding carboxylic acids is 1. The average molecular weight is 372 g/mol. The molecular weight excluding hydrogens is 344 g/mol. The van der Waals surface area contributed by atoms with Gasteiger partial charge in [0.15, 0.2) is 0 Å². The molecule has 0 N–H and O–H groups in total. The van der Waals surface area contributed by atoms with Crippen LogP contribution in [-0.4, -0.2) is 61.8 Å². The van der Waals surface area contributed by atoms with Gasteiger partial charge in [0.2, 0.25) is 0 Å². The Labute approximate surface area is 160 Å². The molecule has 0 fully saturated rings. The molecule has 0 spiro atoms. The number of hydrazone groups is 1. The highest BCUT2D eigenvalue weighted by molar-refractivity contribution is 6.14. The second kappa shape index (κ2) is 8.54. The van der Waals surface area contributed by atoms with Gasteiger partial charge >= 0.3 is 5.97 Å². The second-order valence-electron chi connectivity index (χ2n) is 6.67. The molecule has 2 aliphatic rings. The van der Waals surface area contributed by atoms with E-state index in [2.05, 4.69) is 0 Å². The summed E-state index contributed by atoms with van der Waals surface area (Å²) in [6, 6.07) is 9.96. The van der Waals surface area contributed by atoms with Crippen molar-refractivity contribution in [3.8, 4) is 0 Å². The van der Waals surface area contributed by atoms with Crippen LogP contribution in [0, 0.1) is 5.92 Å². The fourth-order valence-electron chi connectivity index (χ4n) is 3.34. The Morgan fingerprint density at radius 2 is 1.96 bits per heavy atom. The Morgan fingerprint density at radius 1 is 1.22 bits per heavy atom. The lowest BCUT2D eigenvalue weighted by Crippen LogP contribution is -2.50. The summed E-state index contributed by atoms with van der Waals surface area (Å²) in [5.74, 6) is -0.910. The van der Waals surface area contributed by atoms with Gasteiger partial charge in [0.25, 0.3) is 0 Å². The number of para-hydroxylation sites is 1. The van der Waals surface area contributed by atoms with Crippen molar-refractivity contribution in [1.29, 1.82) is 0 Å². The molecule has 1 aromatic carbocycles. The van der Waals surface area contributed by atoms with Gasteiger partial charge < -0.3 is 14.5 Å². The van der Waals surface area contributed by atoms with Crippen LogP contribution in [0.1, 0.15) is 20.3 Å². The lowest BCUT2D eigenvalue weighted by molar-refractivity contribution is -0.169. The van der Waals surface area contributed by atoms with E-state index in [0.29, 0.717) is 19.8 Å². The third-order valence-electron chi connectivity index (χ3n) is 4.75. The van der Waals surface area contributed by atoms with Crippen molar-refractivity contribution in [2.75, 3.05) is 38.9 Å². The maximum atomic E-state index is 12.9. The average Bonchev–Trinajstić information content (AvgIpc) is 3.04. The predicted molar refractivity (Wildman–Crippen MR) is 105 cm³/mol. The molecule has 0 aromatic heterocycles. The van der Waals surface area contributed by atoms with Crippen LogP contribution in [-0.2, 0) is 14.3 Å². The molecule has 27 heavy (non-hydrogen) atoms. The SMILES string of the molecule is CCCO[C@@H]1[C@@H](C(=O)OCC)C2=NN(c3ccccc3)CC2=CN(C)N1C. The zero-order chi connectivity index (χ0) is 19.4. The predicted octanol–water partition coefficient (Wildman–Crippen LogP) is 2.47. The number of hydrogen-bond donors (Lipinski definition) is 0. The number of esters is 1. The molecule has 7 nitrogen and oxygen atoms in total. The molecule has 2 heterocycles. The number of benzene rings is 1. The number of fused-ring (bicyclic) bond motifs is 1. The van der Waals surface area contributed by atoms with E-state index < -0.39 is 12.1 Å². The molecule has 1 aromatic rings. The molecule has 0 saturated heterocycles. The Kier molecular flexibility index (Phi) is 6.13. The number of nitrogens with zero attached hydrogens (tertiary/aromatic N) is 4. The Morgan fingerprint density at radius 3 is 2.63 bits per heavy atom. The van der Waals surface area contributed by atoms with Crippen LogP contribution in [0.25, 0.3) is 0 Å². The Hall–Kier alpha value is -2.38. The fraction of sp³-hybridized carbons (Fsp3) is 0.500. The molecule has 0 saturated carbocycles. The standard InChI is InChI=1S/C20H28N4O3/c1-5-12-27-19-17(20(25)26-6-2)18-15(13-22(3)23(19)4)14-24(21-18)16-10-8-7-9-11-16/h7-11,13,17,19H,5-6,12,14H2,1-4H3/t17-,19+/m0/s1. The van der Waals surface area contributed by atoms with Gasteiger partial charge in [0.05, 0.1) is 24.6 Å². The molecule has 2 aliphatic heterocycles. The maximum absolute atomic E-state index is 12.9. The first-order valence-corrected chi connectivity index (χ1v) is 9.42. The van der Waals surface area contributed by atoms with Crippen LogP contribution in [0.3, 0.4) is 0 Å². The Bertz CT molecular complexity index is 719. The summed E-state index contributed by atoms with van der Waals surface area (Å²) < 4.78 is 11.5. The maximum Gasteiger partial charge on any atom is 0.319 e. The Balaban J connectivity index is 2.01. The number of carbonyl (C=O) groups is 1. The van der Waals surface area contributed by atoms with Crippen LogP contribution < -0.4 is 5.01 Å². The van der Waals surface area contributed by atoms with E-state index in [1.807, 2.05) is 79.5 Å². The highest BCUT2D eigenvalue weighted by atomic mass is 16.5. The van der Waals surface area contributed by atoms with E-state index in [0.717, 1.165) is 23.4 Å². The van der Waals surface area contributed by atoms with Crippen LogP contribution in [0.4, 0.5) is 5.69 Å². The molecule has 0 amide bonds. The summed E-state index contributed by atoms with van der Waals surface area (Å²) in [5.41, 5.74) is 2.70. The first-order chi connectivity index (χ1) is 13.1. The molecule has 146 valence electrons. The molecule has 0 unspecified atom stereocenters. The third kappa shape index (κ3) is 3.99. The summed E-state index contributed by atoms with van der Waals surface area (Å²) in [7, 11) is 3.87. The van der Waals surface area contributed by atoms with Gasteiger partial charge in [-0.2, -0.15) is 10.1 Å². The molecule has 3 rings (SSSR count). The lowest BCUT2D eigenvalue weighted by Gasteiger charge is -2.35. The van der Waals surface area contributed by atoms with E-state index >= 15 is 0 Å². The van der Waals surface area contributed by atoms with Gasteiger partial charge in [-0.15, -0.1) is 0 Å². The number of hydrogen-bond acceptors (Lipinski definition) is 7. The van der Waals surface area contributed by atoms with E-state index in [4.69, 9.17) is 14.6 Å². The molecule has 7 heteroatoms. The van der Waals surface area contributed by atoms with Gasteiger partial charge in [-0.25, -0.2) is 0 Å². The molecular formula is C20H28N4O3. The molecule has 0 radical (unpaired) electrons. The van der Waals surface area contributed by atoms with Crippen molar-refractivity contribution in [2.45, 2.75) is 26.5 Å². The summed E-state index contributed by atoms with van der Waals surface area (Å²) in [6.45, 7) is 5.35. The van der Waals surface area contributed by atoms with E-state index in [9.17, 15) is 4.79 Å². The summed E-state index contributed by atoms with van der Waals surface area (Å²) in [4.78, 5) is 12.9. The van der Waals surface area contributed by atoms with Crippen molar-refractivity contribution in [2.24, 2.45) is 11.0 Å². The van der Waals surface area contributed by atoms with Gasteiger partial charge in [0, 0.05) is 32.5 Å². The number of ether oxygens (including phenoxy) is 2. The zero-order valence-electron chi connectivity index (χ0n) is 16.5. The third-order valence-corrected chi connectivity index (χ3v) is 4.75. The van der Waals surface area contributed by atoms with E-state index in [1.54, 1.807) is 0 Å². The van der Waals surface area contributed by atoms with Crippen molar-refractivity contribution in [3.63, 3.8) is 0 Å². The van der Waals surface area contributed by atoms with Crippen molar-refractivity contribution in [1.82, 2.24) is 10.0 Å². The minimum atomic E-state index is -0.605. The van der Waals surface area contributed by atoms with Gasteiger partial charge in [-0.05, 0) is 25.5 Å². The topological polar surface area (TPSA) is 57.6 Å². The fourth-order valence-corrected chi connectivity index (χ4v) is 3.34. The zero-order valence-corrected chi connectivity index (χ0v) is 16.5. The lowest BCUT2D eigenvalue weighted by atomic mass is 9.96. The summed E-state index contributed by atoms with van der Waals surface area (Å²) in [6.07, 6.45) is 2.41. The first-order valence-electron chi connectivity index (χ1n) is 9.42. The van der Waals surface area contributed by atoms with Crippen LogP contribution in [0.2, 0.25) is 0 Å². The normalized spacial score (nSPS) is 22.8. The van der Waals surface area contributed by atoms with Crippen molar-refractivity contribution < 1.29 is 14.3 Å². The van der Waals surface area contributed by atoms with Crippen LogP contribution in [0.15, 0.2) is 47.2 Å². The minimum Gasteiger partial charge on any atom is -0.465 e. The first kappa shape index (κ1) is 19.4. The number of rotatable bonds is 6.